The smallest absolute Gasteiger partial charge is 0.407 e. The van der Waals surface area contributed by atoms with E-state index in [0.717, 1.165) is 12.8 Å². The Morgan fingerprint density at radius 1 is 1.04 bits per heavy atom. The van der Waals surface area contributed by atoms with Gasteiger partial charge in [-0.1, -0.05) is 20.8 Å². The van der Waals surface area contributed by atoms with E-state index >= 15 is 0 Å². The number of alkyl carbamates (subject to hydrolysis) is 1. The van der Waals surface area contributed by atoms with Gasteiger partial charge in [-0.15, -0.1) is 0 Å². The number of likely N-dealkylation sites (tertiary alicyclic amines) is 1. The molecule has 0 aliphatic carbocycles. The number of ether oxygens (including phenoxy) is 1. The molecule has 0 aromatic carbocycles. The molecule has 25 heavy (non-hydrogen) atoms. The predicted molar refractivity (Wildman–Crippen MR) is 96.1 cm³/mol. The number of rotatable bonds is 4. The monoisotopic (exact) mass is 355 g/mol. The summed E-state index contributed by atoms with van der Waals surface area (Å²) in [4.78, 5) is 37.5. The van der Waals surface area contributed by atoms with Crippen LogP contribution in [0, 0.1) is 5.41 Å². The second-order valence-corrected chi connectivity index (χ2v) is 8.56. The van der Waals surface area contributed by atoms with Crippen molar-refractivity contribution >= 4 is 17.9 Å². The summed E-state index contributed by atoms with van der Waals surface area (Å²) in [7, 11) is 0. The van der Waals surface area contributed by atoms with E-state index in [1.165, 1.54) is 0 Å². The van der Waals surface area contributed by atoms with E-state index in [1.54, 1.807) is 25.7 Å². The summed E-state index contributed by atoms with van der Waals surface area (Å²) in [5.74, 6) is 0.0514. The van der Waals surface area contributed by atoms with E-state index in [9.17, 15) is 14.4 Å². The van der Waals surface area contributed by atoms with Gasteiger partial charge >= 0.3 is 6.09 Å². The average molecular weight is 355 g/mol. The molecule has 0 unspecified atom stereocenters. The Bertz CT molecular complexity index is 484. The molecule has 0 saturated carbocycles. The van der Waals surface area contributed by atoms with Crippen LogP contribution in [0.4, 0.5) is 4.79 Å². The first-order valence-electron chi connectivity index (χ1n) is 8.94. The molecule has 0 atom stereocenters. The Hall–Kier alpha value is -1.79. The Balaban J connectivity index is 2.27. The molecule has 1 rings (SSSR count). The third kappa shape index (κ3) is 8.23. The van der Waals surface area contributed by atoms with E-state index in [-0.39, 0.29) is 30.8 Å². The van der Waals surface area contributed by atoms with Crippen molar-refractivity contribution in [2.24, 2.45) is 5.41 Å². The normalized spacial score (nSPS) is 16.3. The lowest BCUT2D eigenvalue weighted by molar-refractivity contribution is -0.132. The highest BCUT2D eigenvalue weighted by Gasteiger charge is 2.27. The van der Waals surface area contributed by atoms with Gasteiger partial charge in [0.25, 0.3) is 0 Å². The number of nitrogens with zero attached hydrogens (tertiary/aromatic N) is 1. The van der Waals surface area contributed by atoms with Gasteiger partial charge in [0.05, 0.1) is 0 Å². The molecule has 1 aliphatic rings. The lowest BCUT2D eigenvalue weighted by Gasteiger charge is -2.33. The summed E-state index contributed by atoms with van der Waals surface area (Å²) in [6, 6.07) is 0.121. The zero-order valence-corrected chi connectivity index (χ0v) is 16.4. The summed E-state index contributed by atoms with van der Waals surface area (Å²) in [6.07, 6.45) is 1.25. The number of hydrogen-bond donors (Lipinski definition) is 2. The molecule has 3 amide bonds. The summed E-state index contributed by atoms with van der Waals surface area (Å²) < 4.78 is 5.13. The number of piperidine rings is 1. The molecule has 1 saturated heterocycles. The van der Waals surface area contributed by atoms with Gasteiger partial charge in [0.1, 0.15) is 5.60 Å². The highest BCUT2D eigenvalue weighted by molar-refractivity contribution is 5.81. The van der Waals surface area contributed by atoms with E-state index in [2.05, 4.69) is 10.6 Å². The number of carbonyl (C=O) groups is 3. The van der Waals surface area contributed by atoms with Gasteiger partial charge in [-0.2, -0.15) is 0 Å². The highest BCUT2D eigenvalue weighted by Crippen LogP contribution is 2.16. The third-order valence-corrected chi connectivity index (χ3v) is 3.87. The molecule has 1 aliphatic heterocycles. The molecule has 0 radical (unpaired) electrons. The van der Waals surface area contributed by atoms with Crippen molar-refractivity contribution in [2.75, 3.05) is 19.6 Å². The van der Waals surface area contributed by atoms with Crippen molar-refractivity contribution in [3.63, 3.8) is 0 Å². The predicted octanol–water partition coefficient (Wildman–Crippen LogP) is 2.05. The maximum Gasteiger partial charge on any atom is 0.407 e. The van der Waals surface area contributed by atoms with Gasteiger partial charge in [-0.25, -0.2) is 4.79 Å². The minimum atomic E-state index is -0.548. The van der Waals surface area contributed by atoms with Gasteiger partial charge in [0.15, 0.2) is 0 Å². The van der Waals surface area contributed by atoms with Crippen LogP contribution in [0.1, 0.15) is 60.8 Å². The van der Waals surface area contributed by atoms with Gasteiger partial charge in [-0.05, 0) is 33.6 Å². The Kier molecular flexibility index (Phi) is 7.26. The van der Waals surface area contributed by atoms with Crippen molar-refractivity contribution < 1.29 is 19.1 Å². The first-order chi connectivity index (χ1) is 11.4. The van der Waals surface area contributed by atoms with Crippen molar-refractivity contribution in [2.45, 2.75) is 72.4 Å². The Labute approximate surface area is 150 Å². The molecule has 7 nitrogen and oxygen atoms in total. The van der Waals surface area contributed by atoms with Gasteiger partial charge in [0, 0.05) is 37.5 Å². The summed E-state index contributed by atoms with van der Waals surface area (Å²) in [5, 5.41) is 5.64. The molecule has 0 bridgehead atoms. The quantitative estimate of drug-likeness (QED) is 0.808. The molecule has 144 valence electrons. The van der Waals surface area contributed by atoms with Crippen molar-refractivity contribution in [3.05, 3.63) is 0 Å². The molecular weight excluding hydrogens is 322 g/mol. The molecule has 0 aromatic rings. The summed E-state index contributed by atoms with van der Waals surface area (Å²) >= 11 is 0. The maximum absolute atomic E-state index is 12.2. The third-order valence-electron chi connectivity index (χ3n) is 3.87. The average Bonchev–Trinajstić information content (AvgIpc) is 2.45. The van der Waals surface area contributed by atoms with E-state index in [1.807, 2.05) is 20.8 Å². The Morgan fingerprint density at radius 2 is 1.60 bits per heavy atom. The van der Waals surface area contributed by atoms with Crippen LogP contribution in [-0.4, -0.2) is 54.1 Å². The van der Waals surface area contributed by atoms with E-state index in [4.69, 9.17) is 4.74 Å². The fourth-order valence-corrected chi connectivity index (χ4v) is 2.42. The van der Waals surface area contributed by atoms with Crippen LogP contribution in [0.3, 0.4) is 0 Å². The lowest BCUT2D eigenvalue weighted by atomic mass is 9.94. The van der Waals surface area contributed by atoms with Crippen LogP contribution in [0.2, 0.25) is 0 Å². The standard InChI is InChI=1S/C18H33N3O4/c1-17(2,3)15(23)20-13-8-11-21(12-9-13)14(22)7-10-19-16(24)25-18(4,5)6/h13H,7-12H2,1-6H3,(H,19,24)(H,20,23). The maximum atomic E-state index is 12.2. The zero-order chi connectivity index (χ0) is 19.3. The van der Waals surface area contributed by atoms with Crippen LogP contribution in [0.25, 0.3) is 0 Å². The van der Waals surface area contributed by atoms with Gasteiger partial charge < -0.3 is 20.3 Å². The topological polar surface area (TPSA) is 87.7 Å². The van der Waals surface area contributed by atoms with E-state index in [0.29, 0.717) is 13.1 Å². The van der Waals surface area contributed by atoms with Crippen molar-refractivity contribution in [1.29, 1.82) is 0 Å². The molecule has 1 heterocycles. The molecule has 7 heteroatoms. The molecule has 0 aromatic heterocycles. The summed E-state index contributed by atoms with van der Waals surface area (Å²) in [5.41, 5.74) is -0.951. The van der Waals surface area contributed by atoms with Crippen LogP contribution in [0.15, 0.2) is 0 Å². The number of hydrogen-bond acceptors (Lipinski definition) is 4. The largest absolute Gasteiger partial charge is 0.444 e. The Morgan fingerprint density at radius 3 is 2.08 bits per heavy atom. The second-order valence-electron chi connectivity index (χ2n) is 8.56. The number of amides is 3. The molecule has 2 N–H and O–H groups in total. The minimum Gasteiger partial charge on any atom is -0.444 e. The number of nitrogens with one attached hydrogen (secondary N) is 2. The zero-order valence-electron chi connectivity index (χ0n) is 16.4. The van der Waals surface area contributed by atoms with Crippen molar-refractivity contribution in [1.82, 2.24) is 15.5 Å². The SMILES string of the molecule is CC(C)(C)OC(=O)NCCC(=O)N1CCC(NC(=O)C(C)(C)C)CC1. The van der Waals surface area contributed by atoms with Crippen LogP contribution in [-0.2, 0) is 14.3 Å². The first-order valence-corrected chi connectivity index (χ1v) is 8.94. The van der Waals surface area contributed by atoms with Crippen molar-refractivity contribution in [3.8, 4) is 0 Å². The molecule has 1 fully saturated rings. The van der Waals surface area contributed by atoms with Gasteiger partial charge in [0.2, 0.25) is 11.8 Å². The number of carbonyl (C=O) groups excluding carboxylic acids is 3. The fraction of sp³-hybridized carbons (Fsp3) is 0.833. The van der Waals surface area contributed by atoms with Crippen LogP contribution < -0.4 is 10.6 Å². The van der Waals surface area contributed by atoms with Crippen LogP contribution >= 0.6 is 0 Å². The highest BCUT2D eigenvalue weighted by atomic mass is 16.6. The summed E-state index contributed by atoms with van der Waals surface area (Å²) in [6.45, 7) is 12.5. The van der Waals surface area contributed by atoms with Gasteiger partial charge in [-0.3, -0.25) is 9.59 Å². The molecular formula is C18H33N3O4. The lowest BCUT2D eigenvalue weighted by Crippen LogP contribution is -2.49. The minimum absolute atomic E-state index is 0.0108. The second kappa shape index (κ2) is 8.54. The molecule has 0 spiro atoms. The first kappa shape index (κ1) is 21.3. The fourth-order valence-electron chi connectivity index (χ4n) is 2.42. The van der Waals surface area contributed by atoms with Crippen LogP contribution in [0.5, 0.6) is 0 Å². The van der Waals surface area contributed by atoms with E-state index < -0.39 is 17.1 Å².